The summed E-state index contributed by atoms with van der Waals surface area (Å²) in [5.74, 6) is 1.61. The van der Waals surface area contributed by atoms with Crippen LogP contribution in [0, 0.1) is 0 Å². The summed E-state index contributed by atoms with van der Waals surface area (Å²) in [6.07, 6.45) is 0. The zero-order valence-electron chi connectivity index (χ0n) is 16.6. The lowest BCUT2D eigenvalue weighted by molar-refractivity contribution is 0.0947. The summed E-state index contributed by atoms with van der Waals surface area (Å²) in [4.78, 5) is 13.6. The SMILES string of the molecule is O=C(NCCOc1ccc2ccccc2c1)c1ccc(CSc2ccccc2)cc1. The average Bonchev–Trinajstić information content (AvgIpc) is 2.81. The van der Waals surface area contributed by atoms with Crippen molar-refractivity contribution in [2.24, 2.45) is 0 Å². The average molecular weight is 414 g/mol. The first-order valence-corrected chi connectivity index (χ1v) is 10.9. The molecule has 4 heteroatoms. The van der Waals surface area contributed by atoms with E-state index in [1.165, 1.54) is 15.8 Å². The molecule has 30 heavy (non-hydrogen) atoms. The predicted octanol–water partition coefficient (Wildman–Crippen LogP) is 5.94. The molecule has 0 aliphatic heterocycles. The second-order valence-corrected chi connectivity index (χ2v) is 7.96. The fourth-order valence-electron chi connectivity index (χ4n) is 3.13. The second kappa shape index (κ2) is 9.99. The minimum absolute atomic E-state index is 0.0839. The number of hydrogen-bond donors (Lipinski definition) is 1. The van der Waals surface area contributed by atoms with Crippen molar-refractivity contribution in [3.63, 3.8) is 0 Å². The summed E-state index contributed by atoms with van der Waals surface area (Å²) in [5.41, 5.74) is 1.86. The fourth-order valence-corrected chi connectivity index (χ4v) is 4.00. The highest BCUT2D eigenvalue weighted by atomic mass is 32.2. The largest absolute Gasteiger partial charge is 0.492 e. The smallest absolute Gasteiger partial charge is 0.251 e. The molecule has 0 heterocycles. The topological polar surface area (TPSA) is 38.3 Å². The van der Waals surface area contributed by atoms with E-state index in [1.54, 1.807) is 11.8 Å². The van der Waals surface area contributed by atoms with Gasteiger partial charge < -0.3 is 10.1 Å². The Labute approximate surface area is 181 Å². The maximum absolute atomic E-state index is 12.3. The molecule has 0 saturated carbocycles. The first-order valence-electron chi connectivity index (χ1n) is 9.94. The van der Waals surface area contributed by atoms with E-state index in [1.807, 2.05) is 72.8 Å². The highest BCUT2D eigenvalue weighted by Crippen LogP contribution is 2.22. The van der Waals surface area contributed by atoms with Gasteiger partial charge in [-0.3, -0.25) is 4.79 Å². The molecule has 0 fully saturated rings. The van der Waals surface area contributed by atoms with E-state index in [4.69, 9.17) is 4.74 Å². The van der Waals surface area contributed by atoms with Crippen LogP contribution >= 0.6 is 11.8 Å². The van der Waals surface area contributed by atoms with Gasteiger partial charge in [0.15, 0.2) is 0 Å². The number of carbonyl (C=O) groups excluding carboxylic acids is 1. The molecule has 3 nitrogen and oxygen atoms in total. The molecule has 0 aromatic heterocycles. The van der Waals surface area contributed by atoms with Gasteiger partial charge in [0.05, 0.1) is 6.54 Å². The molecule has 4 aromatic carbocycles. The molecule has 1 amide bonds. The van der Waals surface area contributed by atoms with Gasteiger partial charge in [0.2, 0.25) is 0 Å². The molecule has 0 radical (unpaired) electrons. The van der Waals surface area contributed by atoms with Gasteiger partial charge in [-0.15, -0.1) is 11.8 Å². The molecule has 0 unspecified atom stereocenters. The molecule has 150 valence electrons. The molecule has 0 saturated heterocycles. The minimum Gasteiger partial charge on any atom is -0.492 e. The summed E-state index contributed by atoms with van der Waals surface area (Å²) in [7, 11) is 0. The van der Waals surface area contributed by atoms with Gasteiger partial charge in [-0.25, -0.2) is 0 Å². The summed E-state index contributed by atoms with van der Waals surface area (Å²) >= 11 is 1.79. The quantitative estimate of drug-likeness (QED) is 0.287. The zero-order valence-corrected chi connectivity index (χ0v) is 17.4. The number of hydrogen-bond acceptors (Lipinski definition) is 3. The van der Waals surface area contributed by atoms with E-state index < -0.39 is 0 Å². The Morgan fingerprint density at radius 2 is 1.53 bits per heavy atom. The molecule has 4 aromatic rings. The summed E-state index contributed by atoms with van der Waals surface area (Å²) < 4.78 is 5.78. The van der Waals surface area contributed by atoms with E-state index in [0.717, 1.165) is 16.9 Å². The standard InChI is InChI=1S/C26H23NO2S/c28-26(22-12-10-20(11-13-22)19-30-25-8-2-1-3-9-25)27-16-17-29-24-15-14-21-6-4-5-7-23(21)18-24/h1-15,18H,16-17,19H2,(H,27,28). The number of thioether (sulfide) groups is 1. The third-order valence-corrected chi connectivity index (χ3v) is 5.83. The van der Waals surface area contributed by atoms with Crippen LogP contribution in [-0.4, -0.2) is 19.1 Å². The maximum atomic E-state index is 12.3. The first kappa shape index (κ1) is 20.0. The Hall–Kier alpha value is -3.24. The van der Waals surface area contributed by atoms with Crippen molar-refractivity contribution in [1.29, 1.82) is 0 Å². The lowest BCUT2D eigenvalue weighted by atomic mass is 10.1. The zero-order chi connectivity index (χ0) is 20.6. The highest BCUT2D eigenvalue weighted by Gasteiger charge is 2.05. The van der Waals surface area contributed by atoms with Crippen LogP contribution in [0.25, 0.3) is 10.8 Å². The van der Waals surface area contributed by atoms with Gasteiger partial charge in [0.25, 0.3) is 5.91 Å². The van der Waals surface area contributed by atoms with Crippen LogP contribution in [-0.2, 0) is 5.75 Å². The lowest BCUT2D eigenvalue weighted by Gasteiger charge is -2.09. The van der Waals surface area contributed by atoms with E-state index in [2.05, 4.69) is 29.6 Å². The molecular weight excluding hydrogens is 390 g/mol. The molecular formula is C26H23NO2S. The van der Waals surface area contributed by atoms with Crippen LogP contribution in [0.5, 0.6) is 5.75 Å². The fraction of sp³-hybridized carbons (Fsp3) is 0.115. The summed E-state index contributed by atoms with van der Waals surface area (Å²) in [6.45, 7) is 0.882. The van der Waals surface area contributed by atoms with Crippen molar-refractivity contribution >= 4 is 28.4 Å². The number of fused-ring (bicyclic) bond motifs is 1. The van der Waals surface area contributed by atoms with Crippen LogP contribution in [0.15, 0.2) is 102 Å². The first-order chi connectivity index (χ1) is 14.8. The van der Waals surface area contributed by atoms with E-state index in [-0.39, 0.29) is 5.91 Å². The summed E-state index contributed by atoms with van der Waals surface area (Å²) in [5, 5.41) is 5.24. The molecule has 0 aliphatic rings. The van der Waals surface area contributed by atoms with Crippen molar-refractivity contribution in [1.82, 2.24) is 5.32 Å². The van der Waals surface area contributed by atoms with Gasteiger partial charge in [-0.2, -0.15) is 0 Å². The molecule has 1 N–H and O–H groups in total. The van der Waals surface area contributed by atoms with Crippen LogP contribution in [0.1, 0.15) is 15.9 Å². The van der Waals surface area contributed by atoms with Crippen LogP contribution in [0.2, 0.25) is 0 Å². The number of ether oxygens (including phenoxy) is 1. The van der Waals surface area contributed by atoms with Crippen molar-refractivity contribution in [2.45, 2.75) is 10.6 Å². The molecule has 4 rings (SSSR count). The maximum Gasteiger partial charge on any atom is 0.251 e. The Morgan fingerprint density at radius 1 is 0.800 bits per heavy atom. The van der Waals surface area contributed by atoms with E-state index >= 15 is 0 Å². The normalized spacial score (nSPS) is 10.7. The number of benzene rings is 4. The minimum atomic E-state index is -0.0839. The number of amides is 1. The van der Waals surface area contributed by atoms with Crippen molar-refractivity contribution in [2.75, 3.05) is 13.2 Å². The monoisotopic (exact) mass is 413 g/mol. The molecule has 0 bridgehead atoms. The van der Waals surface area contributed by atoms with Gasteiger partial charge in [-0.05, 0) is 52.7 Å². The number of rotatable bonds is 8. The van der Waals surface area contributed by atoms with Crippen molar-refractivity contribution < 1.29 is 9.53 Å². The Bertz CT molecular complexity index is 1110. The van der Waals surface area contributed by atoms with Crippen LogP contribution in [0.4, 0.5) is 0 Å². The van der Waals surface area contributed by atoms with Gasteiger partial charge >= 0.3 is 0 Å². The third kappa shape index (κ3) is 5.43. The molecule has 0 spiro atoms. The molecule has 0 aliphatic carbocycles. The Kier molecular flexibility index (Phi) is 6.68. The number of nitrogens with one attached hydrogen (secondary N) is 1. The number of carbonyl (C=O) groups is 1. The van der Waals surface area contributed by atoms with Gasteiger partial charge in [0, 0.05) is 16.2 Å². The van der Waals surface area contributed by atoms with Crippen LogP contribution < -0.4 is 10.1 Å². The lowest BCUT2D eigenvalue weighted by Crippen LogP contribution is -2.28. The van der Waals surface area contributed by atoms with E-state index in [0.29, 0.717) is 18.7 Å². The summed E-state index contributed by atoms with van der Waals surface area (Å²) in [6, 6.07) is 32.3. The van der Waals surface area contributed by atoms with Crippen molar-refractivity contribution in [3.8, 4) is 5.75 Å². The molecule has 0 atom stereocenters. The van der Waals surface area contributed by atoms with Gasteiger partial charge in [-0.1, -0.05) is 60.7 Å². The van der Waals surface area contributed by atoms with Crippen LogP contribution in [0.3, 0.4) is 0 Å². The Morgan fingerprint density at radius 3 is 2.33 bits per heavy atom. The Balaban J connectivity index is 1.22. The van der Waals surface area contributed by atoms with Gasteiger partial charge in [0.1, 0.15) is 12.4 Å². The second-order valence-electron chi connectivity index (χ2n) is 6.91. The third-order valence-electron chi connectivity index (χ3n) is 4.74. The van der Waals surface area contributed by atoms with Crippen molar-refractivity contribution in [3.05, 3.63) is 108 Å². The highest BCUT2D eigenvalue weighted by molar-refractivity contribution is 7.98. The van der Waals surface area contributed by atoms with E-state index in [9.17, 15) is 4.79 Å². The predicted molar refractivity (Wildman–Crippen MR) is 124 cm³/mol.